The number of carbonyl (C=O) groups is 1. The Morgan fingerprint density at radius 2 is 1.90 bits per heavy atom. The standard InChI is InChI=1S/C23H21N3O3S2/c1-2-18-12-24-20(29-18)15-30-21-13-25-23(31-21)26-22(27)17-8-10-19(11-9-17)28-14-16-6-4-3-5-7-16/h3-13H,2,14-15H2,1H3,(H,25,26,27). The molecule has 2 aromatic heterocycles. The average molecular weight is 452 g/mol. The number of anilines is 1. The molecule has 1 amide bonds. The highest BCUT2D eigenvalue weighted by Gasteiger charge is 2.11. The Bertz CT molecular complexity index is 1120. The van der Waals surface area contributed by atoms with Gasteiger partial charge in [-0.1, -0.05) is 48.6 Å². The highest BCUT2D eigenvalue weighted by atomic mass is 32.2. The monoisotopic (exact) mass is 451 g/mol. The van der Waals surface area contributed by atoms with Crippen LogP contribution in [0.2, 0.25) is 0 Å². The van der Waals surface area contributed by atoms with Crippen LogP contribution in [0.1, 0.15) is 34.5 Å². The lowest BCUT2D eigenvalue weighted by Gasteiger charge is -2.07. The maximum absolute atomic E-state index is 12.5. The Kier molecular flexibility index (Phi) is 7.01. The normalized spacial score (nSPS) is 10.7. The molecule has 2 heterocycles. The summed E-state index contributed by atoms with van der Waals surface area (Å²) in [4.78, 5) is 21.0. The number of oxazole rings is 1. The topological polar surface area (TPSA) is 77.2 Å². The fourth-order valence-corrected chi connectivity index (χ4v) is 4.43. The van der Waals surface area contributed by atoms with E-state index in [1.54, 1.807) is 48.4 Å². The smallest absolute Gasteiger partial charge is 0.257 e. The van der Waals surface area contributed by atoms with Crippen LogP contribution in [0.25, 0.3) is 0 Å². The first-order chi connectivity index (χ1) is 15.2. The second-order valence-electron chi connectivity index (χ2n) is 6.60. The van der Waals surface area contributed by atoms with Crippen LogP contribution in [0.3, 0.4) is 0 Å². The van der Waals surface area contributed by atoms with E-state index in [0.29, 0.717) is 34.7 Å². The molecule has 0 aliphatic carbocycles. The maximum Gasteiger partial charge on any atom is 0.257 e. The molecule has 0 fully saturated rings. The van der Waals surface area contributed by atoms with E-state index in [0.717, 1.165) is 22.0 Å². The molecule has 4 aromatic rings. The van der Waals surface area contributed by atoms with Gasteiger partial charge in [-0.2, -0.15) is 0 Å². The van der Waals surface area contributed by atoms with E-state index >= 15 is 0 Å². The predicted octanol–water partition coefficient (Wildman–Crippen LogP) is 5.82. The minimum atomic E-state index is -0.208. The number of carbonyl (C=O) groups excluding carboxylic acids is 1. The van der Waals surface area contributed by atoms with Crippen LogP contribution in [0.5, 0.6) is 5.75 Å². The molecule has 0 bridgehead atoms. The fourth-order valence-electron chi connectivity index (χ4n) is 2.71. The molecule has 0 saturated heterocycles. The number of aromatic nitrogens is 2. The van der Waals surface area contributed by atoms with Crippen LogP contribution in [0.15, 0.2) is 75.6 Å². The van der Waals surface area contributed by atoms with Crippen LogP contribution in [0.4, 0.5) is 5.13 Å². The molecule has 0 aliphatic heterocycles. The van der Waals surface area contributed by atoms with Crippen molar-refractivity contribution in [2.75, 3.05) is 5.32 Å². The summed E-state index contributed by atoms with van der Waals surface area (Å²) in [7, 11) is 0. The van der Waals surface area contributed by atoms with Crippen LogP contribution in [-0.2, 0) is 18.8 Å². The van der Waals surface area contributed by atoms with Crippen molar-refractivity contribution < 1.29 is 13.9 Å². The third-order valence-electron chi connectivity index (χ3n) is 4.36. The molecule has 1 N–H and O–H groups in total. The molecule has 0 unspecified atom stereocenters. The predicted molar refractivity (Wildman–Crippen MR) is 123 cm³/mol. The molecule has 8 heteroatoms. The summed E-state index contributed by atoms with van der Waals surface area (Å²) >= 11 is 3.00. The molecule has 2 aromatic carbocycles. The van der Waals surface area contributed by atoms with Crippen LogP contribution in [-0.4, -0.2) is 15.9 Å². The molecule has 0 spiro atoms. The van der Waals surface area contributed by atoms with Gasteiger partial charge in [0.15, 0.2) is 5.13 Å². The van der Waals surface area contributed by atoms with Gasteiger partial charge in [-0.15, -0.1) is 11.8 Å². The number of ether oxygens (including phenoxy) is 1. The summed E-state index contributed by atoms with van der Waals surface area (Å²) in [6.07, 6.45) is 4.33. The van der Waals surface area contributed by atoms with Crippen molar-refractivity contribution in [3.63, 3.8) is 0 Å². The molecule has 0 saturated carbocycles. The lowest BCUT2D eigenvalue weighted by Crippen LogP contribution is -2.11. The number of hydrogen-bond donors (Lipinski definition) is 1. The molecule has 158 valence electrons. The van der Waals surface area contributed by atoms with Crippen molar-refractivity contribution in [1.29, 1.82) is 0 Å². The van der Waals surface area contributed by atoms with Crippen molar-refractivity contribution >= 4 is 34.1 Å². The van der Waals surface area contributed by atoms with E-state index in [1.165, 1.54) is 11.3 Å². The molecule has 0 radical (unpaired) electrons. The summed E-state index contributed by atoms with van der Waals surface area (Å²) in [5.41, 5.74) is 1.64. The Balaban J connectivity index is 1.28. The number of aryl methyl sites for hydroxylation is 1. The highest BCUT2D eigenvalue weighted by molar-refractivity contribution is 8.00. The van der Waals surface area contributed by atoms with E-state index in [4.69, 9.17) is 9.15 Å². The number of thioether (sulfide) groups is 1. The van der Waals surface area contributed by atoms with Gasteiger partial charge in [0.1, 0.15) is 18.1 Å². The minimum absolute atomic E-state index is 0.208. The number of nitrogens with zero attached hydrogens (tertiary/aromatic N) is 2. The van der Waals surface area contributed by atoms with Crippen molar-refractivity contribution in [2.24, 2.45) is 0 Å². The lowest BCUT2D eigenvalue weighted by atomic mass is 10.2. The van der Waals surface area contributed by atoms with Crippen LogP contribution >= 0.6 is 23.1 Å². The quantitative estimate of drug-likeness (QED) is 0.323. The van der Waals surface area contributed by atoms with Gasteiger partial charge < -0.3 is 9.15 Å². The number of thiazole rings is 1. The Labute approximate surface area is 188 Å². The number of benzene rings is 2. The zero-order valence-corrected chi connectivity index (χ0v) is 18.5. The Morgan fingerprint density at radius 3 is 2.65 bits per heavy atom. The zero-order chi connectivity index (χ0) is 21.5. The van der Waals surface area contributed by atoms with E-state index < -0.39 is 0 Å². The summed E-state index contributed by atoms with van der Waals surface area (Å²) in [5.74, 6) is 2.70. The number of amides is 1. The summed E-state index contributed by atoms with van der Waals surface area (Å²) in [6.45, 7) is 2.51. The summed E-state index contributed by atoms with van der Waals surface area (Å²) < 4.78 is 12.4. The van der Waals surface area contributed by atoms with Crippen LogP contribution in [0, 0.1) is 0 Å². The SMILES string of the molecule is CCc1cnc(CSc2cnc(NC(=O)c3ccc(OCc4ccccc4)cc3)s2)o1. The average Bonchev–Trinajstić information content (AvgIpc) is 3.46. The first-order valence-corrected chi connectivity index (χ1v) is 11.6. The minimum Gasteiger partial charge on any atom is -0.489 e. The first kappa shape index (κ1) is 21.1. The third-order valence-corrected chi connectivity index (χ3v) is 6.45. The second kappa shape index (κ2) is 10.3. The molecular weight excluding hydrogens is 430 g/mol. The van der Waals surface area contributed by atoms with Gasteiger partial charge in [-0.25, -0.2) is 9.97 Å². The largest absolute Gasteiger partial charge is 0.489 e. The van der Waals surface area contributed by atoms with E-state index in [-0.39, 0.29) is 5.91 Å². The van der Waals surface area contributed by atoms with E-state index in [1.807, 2.05) is 37.3 Å². The first-order valence-electron chi connectivity index (χ1n) is 9.80. The molecule has 6 nitrogen and oxygen atoms in total. The lowest BCUT2D eigenvalue weighted by molar-refractivity contribution is 0.102. The van der Waals surface area contributed by atoms with Crippen molar-refractivity contribution in [3.8, 4) is 5.75 Å². The number of rotatable bonds is 9. The van der Waals surface area contributed by atoms with Crippen molar-refractivity contribution in [1.82, 2.24) is 9.97 Å². The van der Waals surface area contributed by atoms with Gasteiger partial charge in [0, 0.05) is 12.0 Å². The fraction of sp³-hybridized carbons (Fsp3) is 0.174. The molecule has 0 aliphatic rings. The highest BCUT2D eigenvalue weighted by Crippen LogP contribution is 2.31. The van der Waals surface area contributed by atoms with Crippen LogP contribution < -0.4 is 10.1 Å². The molecule has 0 atom stereocenters. The molecule has 4 rings (SSSR count). The van der Waals surface area contributed by atoms with Gasteiger partial charge in [-0.3, -0.25) is 10.1 Å². The Morgan fingerprint density at radius 1 is 1.10 bits per heavy atom. The van der Waals surface area contributed by atoms with Gasteiger partial charge in [0.25, 0.3) is 5.91 Å². The molecular formula is C23H21N3O3S2. The van der Waals surface area contributed by atoms with Crippen molar-refractivity contribution in [2.45, 2.75) is 29.9 Å². The number of nitrogens with one attached hydrogen (secondary N) is 1. The summed E-state index contributed by atoms with van der Waals surface area (Å²) in [6, 6.07) is 17.0. The molecule has 31 heavy (non-hydrogen) atoms. The zero-order valence-electron chi connectivity index (χ0n) is 16.9. The van der Waals surface area contributed by atoms with Gasteiger partial charge in [0.2, 0.25) is 5.89 Å². The van der Waals surface area contributed by atoms with Gasteiger partial charge >= 0.3 is 0 Å². The van der Waals surface area contributed by atoms with E-state index in [9.17, 15) is 4.79 Å². The Hall–Kier alpha value is -3.10. The van der Waals surface area contributed by atoms with Gasteiger partial charge in [-0.05, 0) is 29.8 Å². The number of hydrogen-bond acceptors (Lipinski definition) is 7. The third kappa shape index (κ3) is 5.96. The van der Waals surface area contributed by atoms with Gasteiger partial charge in [0.05, 0.1) is 22.4 Å². The second-order valence-corrected chi connectivity index (χ2v) is 8.91. The van der Waals surface area contributed by atoms with Crippen molar-refractivity contribution in [3.05, 3.63) is 89.8 Å². The van der Waals surface area contributed by atoms with E-state index in [2.05, 4.69) is 15.3 Å². The maximum atomic E-state index is 12.5. The summed E-state index contributed by atoms with van der Waals surface area (Å²) in [5, 5.41) is 3.40.